The van der Waals surface area contributed by atoms with Crippen molar-refractivity contribution in [2.75, 3.05) is 11.6 Å². The highest BCUT2D eigenvalue weighted by atomic mass is 35.5. The van der Waals surface area contributed by atoms with Gasteiger partial charge in [-0.3, -0.25) is 14.9 Å². The van der Waals surface area contributed by atoms with E-state index in [0.717, 1.165) is 17.6 Å². The third-order valence-corrected chi connectivity index (χ3v) is 6.78. The Hall–Kier alpha value is -3.08. The largest absolute Gasteiger partial charge is 0.296 e. The van der Waals surface area contributed by atoms with Gasteiger partial charge in [0.05, 0.1) is 25.8 Å². The number of thiazole rings is 1. The summed E-state index contributed by atoms with van der Waals surface area (Å²) in [6, 6.07) is 12.8. The Bertz CT molecular complexity index is 1510. The van der Waals surface area contributed by atoms with E-state index in [0.29, 0.717) is 26.6 Å². The van der Waals surface area contributed by atoms with Crippen molar-refractivity contribution < 1.29 is 13.2 Å². The van der Waals surface area contributed by atoms with E-state index in [1.165, 1.54) is 22.9 Å². The van der Waals surface area contributed by atoms with Crippen molar-refractivity contribution in [3.05, 3.63) is 75.2 Å². The molecule has 0 saturated heterocycles. The summed E-state index contributed by atoms with van der Waals surface area (Å²) in [6.45, 7) is 1.69. The van der Waals surface area contributed by atoms with Gasteiger partial charge in [0.25, 0.3) is 5.91 Å². The summed E-state index contributed by atoms with van der Waals surface area (Å²) in [5.74, 6) is -0.729. The van der Waals surface area contributed by atoms with Gasteiger partial charge in [0.15, 0.2) is 20.7 Å². The van der Waals surface area contributed by atoms with Gasteiger partial charge in [-0.15, -0.1) is 0 Å². The van der Waals surface area contributed by atoms with E-state index in [1.54, 1.807) is 37.3 Å². The average Bonchev–Trinajstić information content (AvgIpc) is 3.09. The smallest absolute Gasteiger partial charge is 0.281 e. The lowest BCUT2D eigenvalue weighted by molar-refractivity contribution is 0.101. The number of rotatable bonds is 4. The van der Waals surface area contributed by atoms with Crippen LogP contribution in [0, 0.1) is 6.92 Å². The minimum Gasteiger partial charge on any atom is -0.296 e. The second-order valence-corrected chi connectivity index (χ2v) is 10.2. The summed E-state index contributed by atoms with van der Waals surface area (Å²) >= 11 is 7.33. The maximum Gasteiger partial charge on any atom is 0.281 e. The number of benzene rings is 2. The number of hydrogen-bond donors (Lipinski definition) is 1. The van der Waals surface area contributed by atoms with Crippen molar-refractivity contribution in [2.24, 2.45) is 0 Å². The number of halogens is 1. The van der Waals surface area contributed by atoms with Gasteiger partial charge < -0.3 is 0 Å². The molecule has 0 aliphatic heterocycles. The van der Waals surface area contributed by atoms with Gasteiger partial charge in [0.2, 0.25) is 5.43 Å². The Morgan fingerprint density at radius 2 is 1.90 bits per heavy atom. The zero-order valence-corrected chi connectivity index (χ0v) is 18.7. The number of fused-ring (bicyclic) bond motifs is 1. The number of carbonyl (C=O) groups is 1. The molecule has 4 aromatic rings. The molecule has 1 amide bonds. The predicted octanol–water partition coefficient (Wildman–Crippen LogP) is 3.46. The molecule has 11 heteroatoms. The molecule has 158 valence electrons. The minimum absolute atomic E-state index is 0.157. The molecule has 0 radical (unpaired) electrons. The molecule has 0 fully saturated rings. The van der Waals surface area contributed by atoms with Crippen LogP contribution in [-0.4, -0.2) is 35.3 Å². The van der Waals surface area contributed by atoms with Crippen molar-refractivity contribution in [3.8, 4) is 5.69 Å². The quantitative estimate of drug-likeness (QED) is 0.485. The first-order valence-electron chi connectivity index (χ1n) is 8.91. The lowest BCUT2D eigenvalue weighted by Crippen LogP contribution is -2.26. The summed E-state index contributed by atoms with van der Waals surface area (Å²) in [5, 5.41) is 7.41. The Morgan fingerprint density at radius 3 is 2.61 bits per heavy atom. The number of sulfone groups is 1. The SMILES string of the molecule is Cc1cc(=O)c(C(=O)Nc2nc3ccc(S(C)(=O)=O)cc3s2)nn1-c1ccccc1Cl. The van der Waals surface area contributed by atoms with Crippen LogP contribution in [-0.2, 0) is 9.84 Å². The van der Waals surface area contributed by atoms with E-state index in [-0.39, 0.29) is 15.7 Å². The van der Waals surface area contributed by atoms with Gasteiger partial charge in [-0.25, -0.2) is 18.1 Å². The van der Waals surface area contributed by atoms with E-state index in [1.807, 2.05) is 0 Å². The van der Waals surface area contributed by atoms with Crippen LogP contribution in [0.1, 0.15) is 16.2 Å². The molecule has 0 atom stereocenters. The van der Waals surface area contributed by atoms with Crippen molar-refractivity contribution in [1.29, 1.82) is 0 Å². The first-order chi connectivity index (χ1) is 14.6. The van der Waals surface area contributed by atoms with Crippen LogP contribution in [0.2, 0.25) is 5.02 Å². The third-order valence-electron chi connectivity index (χ3n) is 4.41. The molecular weight excluding hydrogens is 460 g/mol. The van der Waals surface area contributed by atoms with E-state index >= 15 is 0 Å². The monoisotopic (exact) mass is 474 g/mol. The number of carbonyl (C=O) groups excluding carboxylic acids is 1. The predicted molar refractivity (Wildman–Crippen MR) is 120 cm³/mol. The van der Waals surface area contributed by atoms with Crippen LogP contribution in [0.4, 0.5) is 5.13 Å². The van der Waals surface area contributed by atoms with Gasteiger partial charge in [0.1, 0.15) is 0 Å². The summed E-state index contributed by atoms with van der Waals surface area (Å²) in [6.07, 6.45) is 1.12. The summed E-state index contributed by atoms with van der Waals surface area (Å²) in [5.41, 5.74) is 0.713. The van der Waals surface area contributed by atoms with Gasteiger partial charge >= 0.3 is 0 Å². The molecule has 0 aliphatic rings. The molecule has 0 bridgehead atoms. The molecule has 2 heterocycles. The summed E-state index contributed by atoms with van der Waals surface area (Å²) in [4.78, 5) is 29.6. The van der Waals surface area contributed by atoms with E-state index in [4.69, 9.17) is 11.6 Å². The minimum atomic E-state index is -3.37. The van der Waals surface area contributed by atoms with Crippen molar-refractivity contribution >= 4 is 54.0 Å². The van der Waals surface area contributed by atoms with Crippen molar-refractivity contribution in [1.82, 2.24) is 14.8 Å². The van der Waals surface area contributed by atoms with Crippen LogP contribution in [0.3, 0.4) is 0 Å². The number of nitrogens with zero attached hydrogens (tertiary/aromatic N) is 3. The molecule has 0 spiro atoms. The summed E-state index contributed by atoms with van der Waals surface area (Å²) < 4.78 is 25.5. The third kappa shape index (κ3) is 4.22. The molecule has 2 aromatic carbocycles. The number of anilines is 1. The Morgan fingerprint density at radius 1 is 1.16 bits per heavy atom. The van der Waals surface area contributed by atoms with Crippen LogP contribution in [0.15, 0.2) is 58.2 Å². The molecule has 8 nitrogen and oxygen atoms in total. The molecule has 4 rings (SSSR count). The maximum absolute atomic E-state index is 12.8. The van der Waals surface area contributed by atoms with Gasteiger partial charge in [-0.1, -0.05) is 35.1 Å². The number of aryl methyl sites for hydroxylation is 1. The number of aromatic nitrogens is 3. The van der Waals surface area contributed by atoms with Crippen molar-refractivity contribution in [3.63, 3.8) is 0 Å². The maximum atomic E-state index is 12.8. The van der Waals surface area contributed by atoms with E-state index in [2.05, 4.69) is 15.4 Å². The van der Waals surface area contributed by atoms with Crippen LogP contribution >= 0.6 is 22.9 Å². The van der Waals surface area contributed by atoms with Gasteiger partial charge in [0, 0.05) is 18.0 Å². The number of amides is 1. The molecule has 0 saturated carbocycles. The molecule has 0 aliphatic carbocycles. The standard InChI is InChI=1S/C20H15ClN4O4S2/c1-11-9-16(26)18(24-25(11)15-6-4-3-5-13(15)21)19(27)23-20-22-14-8-7-12(31(2,28)29)10-17(14)30-20/h3-10H,1-2H3,(H,22,23,27). The topological polar surface area (TPSA) is 111 Å². The lowest BCUT2D eigenvalue weighted by atomic mass is 10.2. The van der Waals surface area contributed by atoms with E-state index in [9.17, 15) is 18.0 Å². The van der Waals surface area contributed by atoms with Gasteiger partial charge in [-0.2, -0.15) is 5.10 Å². The highest BCUT2D eigenvalue weighted by Crippen LogP contribution is 2.28. The van der Waals surface area contributed by atoms with Crippen molar-refractivity contribution in [2.45, 2.75) is 11.8 Å². The highest BCUT2D eigenvalue weighted by molar-refractivity contribution is 7.90. The fourth-order valence-corrected chi connectivity index (χ4v) is 4.76. The van der Waals surface area contributed by atoms with Gasteiger partial charge in [-0.05, 0) is 37.3 Å². The highest BCUT2D eigenvalue weighted by Gasteiger charge is 2.18. The Kier molecular flexibility index (Phi) is 5.38. The van der Waals surface area contributed by atoms with E-state index < -0.39 is 21.2 Å². The second-order valence-electron chi connectivity index (χ2n) is 6.74. The fourth-order valence-electron chi connectivity index (χ4n) is 2.92. The molecule has 2 aromatic heterocycles. The zero-order chi connectivity index (χ0) is 22.3. The number of hydrogen-bond acceptors (Lipinski definition) is 7. The van der Waals surface area contributed by atoms with Crippen LogP contribution in [0.25, 0.3) is 15.9 Å². The number of para-hydroxylation sites is 1. The van der Waals surface area contributed by atoms with Crippen LogP contribution in [0.5, 0.6) is 0 Å². The first kappa shape index (κ1) is 21.2. The summed E-state index contributed by atoms with van der Waals surface area (Å²) in [7, 11) is -3.37. The van der Waals surface area contributed by atoms with Crippen LogP contribution < -0.4 is 10.7 Å². The second kappa shape index (κ2) is 7.88. The molecule has 0 unspecified atom stereocenters. The molecule has 1 N–H and O–H groups in total. The number of nitrogens with one attached hydrogen (secondary N) is 1. The Labute approximate surface area is 186 Å². The lowest BCUT2D eigenvalue weighted by Gasteiger charge is -2.12. The zero-order valence-electron chi connectivity index (χ0n) is 16.3. The first-order valence-corrected chi connectivity index (χ1v) is 12.0. The molecule has 31 heavy (non-hydrogen) atoms. The normalized spacial score (nSPS) is 11.6. The fraction of sp³-hybridized carbons (Fsp3) is 0.100. The molecular formula is C20H15ClN4O4S2. The Balaban J connectivity index is 1.70. The average molecular weight is 475 g/mol.